The molecule has 0 spiro atoms. The zero-order valence-electron chi connectivity index (χ0n) is 9.89. The first-order valence-corrected chi connectivity index (χ1v) is 5.64. The number of imidazole rings is 1. The van der Waals surface area contributed by atoms with E-state index in [2.05, 4.69) is 15.0 Å². The highest BCUT2D eigenvalue weighted by Gasteiger charge is 2.32. The number of hydroxylamine groups is 2. The van der Waals surface area contributed by atoms with Crippen LogP contribution in [0, 0.1) is 0 Å². The molecule has 1 aliphatic rings. The Morgan fingerprint density at radius 2 is 2.33 bits per heavy atom. The van der Waals surface area contributed by atoms with Crippen molar-refractivity contribution in [2.75, 3.05) is 19.4 Å². The number of fused-ring (bicyclic) bond motifs is 1. The van der Waals surface area contributed by atoms with E-state index < -0.39 is 0 Å². The van der Waals surface area contributed by atoms with Gasteiger partial charge in [-0.3, -0.25) is 9.40 Å². The number of nitrogens with two attached hydrogens (primary N) is 1. The minimum absolute atomic E-state index is 0.0216. The van der Waals surface area contributed by atoms with Crippen molar-refractivity contribution >= 4 is 17.0 Å². The zero-order valence-corrected chi connectivity index (χ0v) is 9.89. The quantitative estimate of drug-likeness (QED) is 0.743. The number of aliphatic hydroxyl groups is 1. The van der Waals surface area contributed by atoms with Crippen LogP contribution in [0.5, 0.6) is 0 Å². The van der Waals surface area contributed by atoms with Crippen LogP contribution >= 0.6 is 0 Å². The van der Waals surface area contributed by atoms with Crippen LogP contribution in [-0.2, 0) is 4.84 Å². The molecule has 0 aliphatic carbocycles. The SMILES string of the molecule is CN1O[C@@H](n2cnc3c(N)ncnc32)C[C@@H]1CO. The molecule has 0 unspecified atom stereocenters. The van der Waals surface area contributed by atoms with Crippen molar-refractivity contribution < 1.29 is 9.94 Å². The van der Waals surface area contributed by atoms with E-state index in [1.165, 1.54) is 6.33 Å². The van der Waals surface area contributed by atoms with Gasteiger partial charge in [0.05, 0.1) is 19.0 Å². The van der Waals surface area contributed by atoms with E-state index >= 15 is 0 Å². The number of nitrogens with zero attached hydrogens (tertiary/aromatic N) is 5. The molecule has 8 nitrogen and oxygen atoms in total. The van der Waals surface area contributed by atoms with E-state index in [4.69, 9.17) is 10.6 Å². The summed E-state index contributed by atoms with van der Waals surface area (Å²) in [7, 11) is 1.79. The van der Waals surface area contributed by atoms with E-state index in [9.17, 15) is 5.11 Å². The molecule has 8 heteroatoms. The zero-order chi connectivity index (χ0) is 12.7. The van der Waals surface area contributed by atoms with Crippen molar-refractivity contribution in [1.82, 2.24) is 24.6 Å². The van der Waals surface area contributed by atoms with Gasteiger partial charge in [0.1, 0.15) is 11.8 Å². The second kappa shape index (κ2) is 4.16. The van der Waals surface area contributed by atoms with Gasteiger partial charge in [0.25, 0.3) is 0 Å². The van der Waals surface area contributed by atoms with Crippen molar-refractivity contribution in [3.8, 4) is 0 Å². The van der Waals surface area contributed by atoms with Gasteiger partial charge >= 0.3 is 0 Å². The number of hydrogen-bond donors (Lipinski definition) is 2. The number of anilines is 1. The predicted molar refractivity (Wildman–Crippen MR) is 63.1 cm³/mol. The summed E-state index contributed by atoms with van der Waals surface area (Å²) in [5, 5.41) is 10.9. The molecule has 2 aromatic heterocycles. The van der Waals surface area contributed by atoms with Gasteiger partial charge in [0.15, 0.2) is 17.7 Å². The van der Waals surface area contributed by atoms with Crippen LogP contribution in [0.1, 0.15) is 12.6 Å². The average Bonchev–Trinajstić information content (AvgIpc) is 2.93. The molecule has 3 heterocycles. The van der Waals surface area contributed by atoms with E-state index in [0.29, 0.717) is 23.4 Å². The molecular formula is C10H14N6O2. The Kier molecular flexibility index (Phi) is 2.62. The van der Waals surface area contributed by atoms with Crippen molar-refractivity contribution in [3.63, 3.8) is 0 Å². The van der Waals surface area contributed by atoms with Crippen LogP contribution in [0.4, 0.5) is 5.82 Å². The Labute approximate surface area is 103 Å². The molecule has 2 aromatic rings. The van der Waals surface area contributed by atoms with Gasteiger partial charge in [0.2, 0.25) is 0 Å². The van der Waals surface area contributed by atoms with Crippen molar-refractivity contribution in [3.05, 3.63) is 12.7 Å². The van der Waals surface area contributed by atoms with Crippen molar-refractivity contribution in [2.45, 2.75) is 18.7 Å². The minimum Gasteiger partial charge on any atom is -0.395 e. The maximum atomic E-state index is 9.22. The third-order valence-electron chi connectivity index (χ3n) is 3.18. The molecule has 0 aromatic carbocycles. The van der Waals surface area contributed by atoms with Crippen LogP contribution in [0.15, 0.2) is 12.7 Å². The van der Waals surface area contributed by atoms with Gasteiger partial charge in [-0.2, -0.15) is 5.06 Å². The average molecular weight is 250 g/mol. The number of likely N-dealkylation sites (N-methyl/N-ethyl adjacent to an activating group) is 1. The van der Waals surface area contributed by atoms with Gasteiger partial charge in [-0.05, 0) is 0 Å². The lowest BCUT2D eigenvalue weighted by atomic mass is 10.2. The van der Waals surface area contributed by atoms with E-state index in [0.717, 1.165) is 0 Å². The summed E-state index contributed by atoms with van der Waals surface area (Å²) < 4.78 is 1.81. The number of rotatable bonds is 2. The first-order chi connectivity index (χ1) is 8.70. The number of nitrogen functional groups attached to an aromatic ring is 1. The molecule has 96 valence electrons. The lowest BCUT2D eigenvalue weighted by Crippen LogP contribution is -2.26. The molecule has 1 aliphatic heterocycles. The number of hydrogen-bond acceptors (Lipinski definition) is 7. The van der Waals surface area contributed by atoms with Crippen LogP contribution < -0.4 is 5.73 Å². The standard InChI is InChI=1S/C10H14N6O2/c1-15-6(3-17)2-7(18-15)16-5-14-8-9(11)12-4-13-10(8)16/h4-7,17H,2-3H2,1H3,(H2,11,12,13)/t6-,7-/m1/s1. The summed E-state index contributed by atoms with van der Waals surface area (Å²) in [4.78, 5) is 17.9. The predicted octanol–water partition coefficient (Wildman–Crippen LogP) is -0.465. The summed E-state index contributed by atoms with van der Waals surface area (Å²) in [5.41, 5.74) is 6.94. The number of aliphatic hydroxyl groups excluding tert-OH is 1. The summed E-state index contributed by atoms with van der Waals surface area (Å²) in [6, 6.07) is -0.0216. The highest BCUT2D eigenvalue weighted by Crippen LogP contribution is 2.30. The second-order valence-corrected chi connectivity index (χ2v) is 4.26. The fourth-order valence-corrected chi connectivity index (χ4v) is 2.14. The maximum Gasteiger partial charge on any atom is 0.167 e. The first kappa shape index (κ1) is 11.3. The van der Waals surface area contributed by atoms with Crippen LogP contribution in [-0.4, -0.2) is 49.4 Å². The molecule has 2 atom stereocenters. The molecule has 0 amide bonds. The van der Waals surface area contributed by atoms with Gasteiger partial charge < -0.3 is 10.8 Å². The van der Waals surface area contributed by atoms with E-state index in [1.807, 2.05) is 0 Å². The highest BCUT2D eigenvalue weighted by atomic mass is 16.7. The molecule has 3 N–H and O–H groups in total. The Balaban J connectivity index is 1.99. The van der Waals surface area contributed by atoms with Gasteiger partial charge in [-0.1, -0.05) is 0 Å². The third kappa shape index (κ3) is 1.62. The monoisotopic (exact) mass is 250 g/mol. The normalized spacial score (nSPS) is 25.0. The van der Waals surface area contributed by atoms with Crippen LogP contribution in [0.25, 0.3) is 11.2 Å². The van der Waals surface area contributed by atoms with E-state index in [1.54, 1.807) is 23.0 Å². The molecule has 3 rings (SSSR count). The van der Waals surface area contributed by atoms with Crippen LogP contribution in [0.3, 0.4) is 0 Å². The summed E-state index contributed by atoms with van der Waals surface area (Å²) in [5.74, 6) is 0.351. The van der Waals surface area contributed by atoms with Crippen molar-refractivity contribution in [1.29, 1.82) is 0 Å². The second-order valence-electron chi connectivity index (χ2n) is 4.26. The molecule has 0 radical (unpaired) electrons. The van der Waals surface area contributed by atoms with Crippen molar-refractivity contribution in [2.24, 2.45) is 0 Å². The molecule has 0 bridgehead atoms. The summed E-state index contributed by atoms with van der Waals surface area (Å²) in [6.45, 7) is 0.0523. The Morgan fingerprint density at radius 1 is 1.50 bits per heavy atom. The van der Waals surface area contributed by atoms with Crippen LogP contribution in [0.2, 0.25) is 0 Å². The third-order valence-corrected chi connectivity index (χ3v) is 3.18. The smallest absolute Gasteiger partial charge is 0.167 e. The first-order valence-electron chi connectivity index (χ1n) is 5.64. The largest absolute Gasteiger partial charge is 0.395 e. The van der Waals surface area contributed by atoms with Gasteiger partial charge in [0, 0.05) is 13.5 Å². The summed E-state index contributed by atoms with van der Waals surface area (Å²) >= 11 is 0. The van der Waals surface area contributed by atoms with Gasteiger partial charge in [-0.15, -0.1) is 0 Å². The summed E-state index contributed by atoms with van der Waals surface area (Å²) in [6.07, 6.45) is 3.47. The number of aromatic nitrogens is 4. The molecular weight excluding hydrogens is 236 g/mol. The lowest BCUT2D eigenvalue weighted by Gasteiger charge is -2.14. The fourth-order valence-electron chi connectivity index (χ4n) is 2.14. The fraction of sp³-hybridized carbons (Fsp3) is 0.500. The topological polar surface area (TPSA) is 102 Å². The molecule has 0 saturated carbocycles. The Bertz CT molecular complexity index is 570. The maximum absolute atomic E-state index is 9.22. The molecule has 18 heavy (non-hydrogen) atoms. The Hall–Kier alpha value is -1.77. The Morgan fingerprint density at radius 3 is 3.06 bits per heavy atom. The van der Waals surface area contributed by atoms with E-state index in [-0.39, 0.29) is 18.9 Å². The van der Waals surface area contributed by atoms with Gasteiger partial charge in [-0.25, -0.2) is 15.0 Å². The lowest BCUT2D eigenvalue weighted by molar-refractivity contribution is -0.168. The molecule has 1 fully saturated rings. The highest BCUT2D eigenvalue weighted by molar-refractivity contribution is 5.81. The molecule has 1 saturated heterocycles. The minimum atomic E-state index is -0.230.